The molecule has 1 aromatic carbocycles. The van der Waals surface area contributed by atoms with E-state index < -0.39 is 11.9 Å². The highest BCUT2D eigenvalue weighted by Gasteiger charge is 2.32. The highest BCUT2D eigenvalue weighted by atomic mass is 16.5. The molecule has 3 rings (SSSR count). The summed E-state index contributed by atoms with van der Waals surface area (Å²) >= 11 is 0. The molecule has 10 heteroatoms. The van der Waals surface area contributed by atoms with Crippen molar-refractivity contribution in [3.63, 3.8) is 0 Å². The highest BCUT2D eigenvalue weighted by molar-refractivity contribution is 5.86. The average Bonchev–Trinajstić information content (AvgIpc) is 3.35. The molecule has 1 fully saturated rings. The monoisotopic (exact) mass is 375 g/mol. The molecule has 0 radical (unpaired) electrons. The van der Waals surface area contributed by atoms with E-state index in [0.717, 1.165) is 6.42 Å². The molecule has 1 aromatic heterocycles. The van der Waals surface area contributed by atoms with Gasteiger partial charge in [-0.2, -0.15) is 4.98 Å². The summed E-state index contributed by atoms with van der Waals surface area (Å²) in [5.41, 5.74) is 6.01. The fourth-order valence-corrected chi connectivity index (χ4v) is 2.98. The molecule has 3 N–H and O–H groups in total. The SMILES string of the molecule is COc1ccc(-c2noc(CNC(=O)N3CCC[C@H]3C(N)=O)n2)cc1OC. The average molecular weight is 375 g/mol. The summed E-state index contributed by atoms with van der Waals surface area (Å²) in [6.45, 7) is 0.529. The van der Waals surface area contributed by atoms with Crippen molar-refractivity contribution in [2.24, 2.45) is 5.73 Å². The number of nitrogens with two attached hydrogens (primary N) is 1. The summed E-state index contributed by atoms with van der Waals surface area (Å²) in [6, 6.07) is 4.28. The third-order valence-electron chi connectivity index (χ3n) is 4.34. The first-order valence-electron chi connectivity index (χ1n) is 8.42. The van der Waals surface area contributed by atoms with Crippen LogP contribution in [0.2, 0.25) is 0 Å². The Morgan fingerprint density at radius 2 is 2.11 bits per heavy atom. The molecular formula is C17H21N5O5. The number of benzene rings is 1. The van der Waals surface area contributed by atoms with Crippen LogP contribution in [0.3, 0.4) is 0 Å². The van der Waals surface area contributed by atoms with Crippen LogP contribution >= 0.6 is 0 Å². The van der Waals surface area contributed by atoms with Crippen molar-refractivity contribution >= 4 is 11.9 Å². The fourth-order valence-electron chi connectivity index (χ4n) is 2.98. The van der Waals surface area contributed by atoms with Gasteiger partial charge < -0.3 is 29.9 Å². The molecule has 10 nitrogen and oxygen atoms in total. The van der Waals surface area contributed by atoms with Gasteiger partial charge in [0.25, 0.3) is 0 Å². The minimum absolute atomic E-state index is 0.0428. The van der Waals surface area contributed by atoms with Crippen molar-refractivity contribution in [3.8, 4) is 22.9 Å². The predicted octanol–water partition coefficient (Wildman–Crippen LogP) is 0.913. The van der Waals surface area contributed by atoms with Gasteiger partial charge in [0.05, 0.1) is 20.8 Å². The normalized spacial score (nSPS) is 16.2. The number of hydrogen-bond acceptors (Lipinski definition) is 7. The van der Waals surface area contributed by atoms with E-state index >= 15 is 0 Å². The number of urea groups is 1. The number of nitrogens with one attached hydrogen (secondary N) is 1. The number of nitrogens with zero attached hydrogens (tertiary/aromatic N) is 3. The molecule has 0 bridgehead atoms. The summed E-state index contributed by atoms with van der Waals surface area (Å²) in [6.07, 6.45) is 1.32. The molecular weight excluding hydrogens is 354 g/mol. The lowest BCUT2D eigenvalue weighted by atomic mass is 10.2. The van der Waals surface area contributed by atoms with E-state index in [1.165, 1.54) is 12.0 Å². The van der Waals surface area contributed by atoms with E-state index in [1.807, 2.05) is 0 Å². The van der Waals surface area contributed by atoms with Crippen LogP contribution in [0.4, 0.5) is 4.79 Å². The van der Waals surface area contributed by atoms with Gasteiger partial charge in [0.15, 0.2) is 11.5 Å². The third-order valence-corrected chi connectivity index (χ3v) is 4.34. The number of ether oxygens (including phenoxy) is 2. The molecule has 1 atom stereocenters. The first-order chi connectivity index (χ1) is 13.0. The lowest BCUT2D eigenvalue weighted by molar-refractivity contribution is -0.121. The molecule has 0 unspecified atom stereocenters. The number of likely N-dealkylation sites (tertiary alicyclic amines) is 1. The maximum atomic E-state index is 12.3. The Morgan fingerprint density at radius 3 is 2.81 bits per heavy atom. The summed E-state index contributed by atoms with van der Waals surface area (Å²) in [5, 5.41) is 6.58. The zero-order valence-corrected chi connectivity index (χ0v) is 15.1. The van der Waals surface area contributed by atoms with Gasteiger partial charge in [0.1, 0.15) is 6.04 Å². The number of carbonyl (C=O) groups excluding carboxylic acids is 2. The highest BCUT2D eigenvalue weighted by Crippen LogP contribution is 2.31. The van der Waals surface area contributed by atoms with Crippen LogP contribution in [0.1, 0.15) is 18.7 Å². The summed E-state index contributed by atoms with van der Waals surface area (Å²) in [5.74, 6) is 1.23. The second kappa shape index (κ2) is 7.94. The summed E-state index contributed by atoms with van der Waals surface area (Å²) < 4.78 is 15.6. The lowest BCUT2D eigenvalue weighted by Gasteiger charge is -2.21. The van der Waals surface area contributed by atoms with Gasteiger partial charge in [-0.3, -0.25) is 4.79 Å². The maximum Gasteiger partial charge on any atom is 0.318 e. The minimum Gasteiger partial charge on any atom is -0.493 e. The predicted molar refractivity (Wildman–Crippen MR) is 94.0 cm³/mol. The van der Waals surface area contributed by atoms with Crippen LogP contribution in [0.5, 0.6) is 11.5 Å². The van der Waals surface area contributed by atoms with Crippen LogP contribution in [0.15, 0.2) is 22.7 Å². The molecule has 2 aromatic rings. The van der Waals surface area contributed by atoms with E-state index in [-0.39, 0.29) is 18.5 Å². The molecule has 1 saturated heterocycles. The number of amides is 3. The van der Waals surface area contributed by atoms with E-state index in [2.05, 4.69) is 15.5 Å². The van der Waals surface area contributed by atoms with Gasteiger partial charge in [0.2, 0.25) is 17.6 Å². The molecule has 1 aliphatic heterocycles. The molecule has 0 saturated carbocycles. The standard InChI is InChI=1S/C17H21N5O5/c1-25-12-6-5-10(8-13(12)26-2)16-20-14(27-21-16)9-19-17(24)22-7-3-4-11(22)15(18)23/h5-6,8,11H,3-4,7,9H2,1-2H3,(H2,18,23)(H,19,24)/t11-/m0/s1. The van der Waals surface area contributed by atoms with Crippen LogP contribution in [0, 0.1) is 0 Å². The number of methoxy groups -OCH3 is 2. The fraction of sp³-hybridized carbons (Fsp3) is 0.412. The zero-order valence-electron chi connectivity index (χ0n) is 15.1. The molecule has 3 amide bonds. The minimum atomic E-state index is -0.574. The van der Waals surface area contributed by atoms with Gasteiger partial charge in [0, 0.05) is 12.1 Å². The van der Waals surface area contributed by atoms with Crippen molar-refractivity contribution < 1.29 is 23.6 Å². The van der Waals surface area contributed by atoms with Crippen molar-refractivity contribution in [2.75, 3.05) is 20.8 Å². The van der Waals surface area contributed by atoms with Crippen LogP contribution < -0.4 is 20.5 Å². The molecule has 27 heavy (non-hydrogen) atoms. The zero-order chi connectivity index (χ0) is 19.4. The Balaban J connectivity index is 1.65. The van der Waals surface area contributed by atoms with Crippen molar-refractivity contribution in [1.82, 2.24) is 20.4 Å². The number of carbonyl (C=O) groups is 2. The van der Waals surface area contributed by atoms with Crippen molar-refractivity contribution in [1.29, 1.82) is 0 Å². The maximum absolute atomic E-state index is 12.3. The second-order valence-corrected chi connectivity index (χ2v) is 5.99. The molecule has 1 aliphatic rings. The van der Waals surface area contributed by atoms with Crippen LogP contribution in [-0.2, 0) is 11.3 Å². The lowest BCUT2D eigenvalue weighted by Crippen LogP contribution is -2.47. The van der Waals surface area contributed by atoms with Crippen molar-refractivity contribution in [3.05, 3.63) is 24.1 Å². The molecule has 0 spiro atoms. The largest absolute Gasteiger partial charge is 0.493 e. The Labute approximate surface area is 155 Å². The van der Waals surface area contributed by atoms with E-state index in [0.29, 0.717) is 35.9 Å². The van der Waals surface area contributed by atoms with Gasteiger partial charge >= 0.3 is 6.03 Å². The molecule has 144 valence electrons. The Morgan fingerprint density at radius 1 is 1.33 bits per heavy atom. The Bertz CT molecular complexity index is 837. The number of primary amides is 1. The quantitative estimate of drug-likeness (QED) is 0.767. The number of hydrogen-bond donors (Lipinski definition) is 2. The first-order valence-corrected chi connectivity index (χ1v) is 8.42. The van der Waals surface area contributed by atoms with E-state index in [4.69, 9.17) is 19.7 Å². The smallest absolute Gasteiger partial charge is 0.318 e. The summed E-state index contributed by atoms with van der Waals surface area (Å²) in [7, 11) is 3.09. The Hall–Kier alpha value is -3.30. The first kappa shape index (κ1) is 18.5. The number of rotatable bonds is 6. The van der Waals surface area contributed by atoms with Gasteiger partial charge in [-0.05, 0) is 31.0 Å². The van der Waals surface area contributed by atoms with Crippen LogP contribution in [-0.4, -0.2) is 53.8 Å². The number of aromatic nitrogens is 2. The van der Waals surface area contributed by atoms with Gasteiger partial charge in [-0.15, -0.1) is 0 Å². The van der Waals surface area contributed by atoms with E-state index in [9.17, 15) is 9.59 Å². The van der Waals surface area contributed by atoms with Gasteiger partial charge in [-0.25, -0.2) is 4.79 Å². The van der Waals surface area contributed by atoms with E-state index in [1.54, 1.807) is 25.3 Å². The van der Waals surface area contributed by atoms with Crippen molar-refractivity contribution in [2.45, 2.75) is 25.4 Å². The molecule has 0 aliphatic carbocycles. The third kappa shape index (κ3) is 3.94. The summed E-state index contributed by atoms with van der Waals surface area (Å²) in [4.78, 5) is 29.3. The molecule has 2 heterocycles. The second-order valence-electron chi connectivity index (χ2n) is 5.99. The topological polar surface area (TPSA) is 133 Å². The Kier molecular flexibility index (Phi) is 5.43. The van der Waals surface area contributed by atoms with Crippen LogP contribution in [0.25, 0.3) is 11.4 Å². The van der Waals surface area contributed by atoms with Gasteiger partial charge in [-0.1, -0.05) is 5.16 Å².